The highest BCUT2D eigenvalue weighted by atomic mass is 32.2. The van der Waals surface area contributed by atoms with Crippen LogP contribution >= 0.6 is 11.8 Å². The first-order valence-electron chi connectivity index (χ1n) is 10.6. The fraction of sp³-hybridized carbons (Fsp3) is 0.120. The summed E-state index contributed by atoms with van der Waals surface area (Å²) in [4.78, 5) is 4.50. The second-order valence-electron chi connectivity index (χ2n) is 7.46. The minimum atomic E-state index is -0.427. The number of benzene rings is 3. The van der Waals surface area contributed by atoms with Crippen molar-refractivity contribution in [2.24, 2.45) is 0 Å². The number of aromatic nitrogens is 5. The van der Waals surface area contributed by atoms with Crippen molar-refractivity contribution in [3.63, 3.8) is 0 Å². The molecule has 34 heavy (non-hydrogen) atoms. The number of aryl methyl sites for hydroxylation is 1. The van der Waals surface area contributed by atoms with Gasteiger partial charge in [0.2, 0.25) is 11.7 Å². The van der Waals surface area contributed by atoms with Crippen molar-refractivity contribution in [3.05, 3.63) is 102 Å². The average molecular weight is 474 g/mol. The minimum Gasteiger partial charge on any atom is -0.483 e. The molecule has 5 aromatic rings. The van der Waals surface area contributed by atoms with Gasteiger partial charge >= 0.3 is 0 Å². The number of rotatable bonds is 8. The molecule has 2 heterocycles. The largest absolute Gasteiger partial charge is 0.483 e. The SMILES string of the molecule is Cc1ccc(-c2noc(CSc3nnc(COc4ccccc4F)n3-c3ccccc3)n2)cc1. The highest BCUT2D eigenvalue weighted by molar-refractivity contribution is 7.98. The van der Waals surface area contributed by atoms with Crippen LogP contribution in [-0.2, 0) is 12.4 Å². The molecular weight excluding hydrogens is 453 g/mol. The summed E-state index contributed by atoms with van der Waals surface area (Å²) in [5.74, 6) is 1.71. The van der Waals surface area contributed by atoms with Crippen LogP contribution in [0.1, 0.15) is 17.3 Å². The van der Waals surface area contributed by atoms with Gasteiger partial charge in [-0.2, -0.15) is 4.98 Å². The normalized spacial score (nSPS) is 11.0. The van der Waals surface area contributed by atoms with Crippen LogP contribution in [-0.4, -0.2) is 24.9 Å². The van der Waals surface area contributed by atoms with Crippen molar-refractivity contribution >= 4 is 11.8 Å². The van der Waals surface area contributed by atoms with E-state index < -0.39 is 5.82 Å². The fourth-order valence-corrected chi connectivity index (χ4v) is 4.10. The lowest BCUT2D eigenvalue weighted by Gasteiger charge is -2.11. The molecule has 3 aromatic carbocycles. The van der Waals surface area contributed by atoms with Crippen molar-refractivity contribution in [1.82, 2.24) is 24.9 Å². The molecule has 170 valence electrons. The summed E-state index contributed by atoms with van der Waals surface area (Å²) < 4.78 is 27.0. The fourth-order valence-electron chi connectivity index (χ4n) is 3.29. The zero-order chi connectivity index (χ0) is 23.3. The maximum atomic E-state index is 14.0. The van der Waals surface area contributed by atoms with E-state index in [1.807, 2.05) is 66.1 Å². The lowest BCUT2D eigenvalue weighted by molar-refractivity contribution is 0.278. The molecule has 0 atom stereocenters. The first kappa shape index (κ1) is 21.8. The molecular formula is C25H20FN5O2S. The van der Waals surface area contributed by atoms with Crippen molar-refractivity contribution < 1.29 is 13.7 Å². The van der Waals surface area contributed by atoms with Gasteiger partial charge in [-0.15, -0.1) is 10.2 Å². The van der Waals surface area contributed by atoms with Crippen LogP contribution < -0.4 is 4.74 Å². The molecule has 0 bridgehead atoms. The molecule has 0 N–H and O–H groups in total. The predicted molar refractivity (Wildman–Crippen MR) is 126 cm³/mol. The van der Waals surface area contributed by atoms with Gasteiger partial charge in [0.25, 0.3) is 0 Å². The van der Waals surface area contributed by atoms with Crippen LogP contribution in [0.25, 0.3) is 17.1 Å². The Morgan fingerprint density at radius 1 is 0.941 bits per heavy atom. The van der Waals surface area contributed by atoms with E-state index in [0.717, 1.165) is 16.8 Å². The number of hydrogen-bond acceptors (Lipinski definition) is 7. The Morgan fingerprint density at radius 2 is 1.71 bits per heavy atom. The monoisotopic (exact) mass is 473 g/mol. The lowest BCUT2D eigenvalue weighted by atomic mass is 10.1. The molecule has 0 aliphatic rings. The van der Waals surface area contributed by atoms with Gasteiger partial charge < -0.3 is 9.26 Å². The smallest absolute Gasteiger partial charge is 0.237 e. The Kier molecular flexibility index (Phi) is 6.35. The maximum Gasteiger partial charge on any atom is 0.237 e. The van der Waals surface area contributed by atoms with Crippen molar-refractivity contribution in [2.75, 3.05) is 0 Å². The third-order valence-electron chi connectivity index (χ3n) is 5.01. The van der Waals surface area contributed by atoms with Gasteiger partial charge in [0.1, 0.15) is 6.61 Å². The van der Waals surface area contributed by atoms with Crippen LogP contribution in [0.5, 0.6) is 5.75 Å². The molecule has 0 saturated heterocycles. The van der Waals surface area contributed by atoms with E-state index in [-0.39, 0.29) is 12.4 Å². The Labute approximate surface area is 199 Å². The van der Waals surface area contributed by atoms with Crippen LogP contribution in [0, 0.1) is 12.7 Å². The van der Waals surface area contributed by atoms with Gasteiger partial charge in [-0.25, -0.2) is 4.39 Å². The number of halogens is 1. The van der Waals surface area contributed by atoms with Crippen LogP contribution in [0.2, 0.25) is 0 Å². The van der Waals surface area contributed by atoms with E-state index in [0.29, 0.717) is 28.4 Å². The standard InChI is InChI=1S/C25H20FN5O2S/c1-17-11-13-18(14-12-17)24-27-23(33-30-24)16-34-25-29-28-22(31(25)19-7-3-2-4-8-19)15-32-21-10-6-5-9-20(21)26/h2-14H,15-16H2,1H3. The Balaban J connectivity index is 1.35. The first-order valence-corrected chi connectivity index (χ1v) is 11.6. The zero-order valence-electron chi connectivity index (χ0n) is 18.3. The molecule has 0 saturated carbocycles. The maximum absolute atomic E-state index is 14.0. The molecule has 0 amide bonds. The summed E-state index contributed by atoms with van der Waals surface area (Å²) in [5, 5.41) is 13.3. The van der Waals surface area contributed by atoms with Gasteiger partial charge in [-0.05, 0) is 31.2 Å². The average Bonchev–Trinajstić information content (AvgIpc) is 3.50. The molecule has 2 aromatic heterocycles. The van der Waals surface area contributed by atoms with Crippen LogP contribution in [0.4, 0.5) is 4.39 Å². The summed E-state index contributed by atoms with van der Waals surface area (Å²) in [6.45, 7) is 2.09. The summed E-state index contributed by atoms with van der Waals surface area (Å²) >= 11 is 1.42. The van der Waals surface area contributed by atoms with Gasteiger partial charge in [-0.3, -0.25) is 4.57 Å². The second kappa shape index (κ2) is 9.88. The molecule has 0 unspecified atom stereocenters. The molecule has 0 aliphatic heterocycles. The number of hydrogen-bond donors (Lipinski definition) is 0. The summed E-state index contributed by atoms with van der Waals surface area (Å²) in [6.07, 6.45) is 0. The van der Waals surface area contributed by atoms with E-state index in [1.54, 1.807) is 18.2 Å². The van der Waals surface area contributed by atoms with Crippen LogP contribution in [0.3, 0.4) is 0 Å². The van der Waals surface area contributed by atoms with E-state index in [1.165, 1.54) is 17.8 Å². The van der Waals surface area contributed by atoms with E-state index in [9.17, 15) is 4.39 Å². The third kappa shape index (κ3) is 4.84. The Hall–Kier alpha value is -3.98. The minimum absolute atomic E-state index is 0.0571. The molecule has 0 radical (unpaired) electrons. The number of thioether (sulfide) groups is 1. The third-order valence-corrected chi connectivity index (χ3v) is 5.92. The molecule has 0 aliphatic carbocycles. The second-order valence-corrected chi connectivity index (χ2v) is 8.40. The summed E-state index contributed by atoms with van der Waals surface area (Å²) in [7, 11) is 0. The number of ether oxygens (including phenoxy) is 1. The number of para-hydroxylation sites is 2. The van der Waals surface area contributed by atoms with Gasteiger partial charge in [0.05, 0.1) is 5.75 Å². The molecule has 7 nitrogen and oxygen atoms in total. The first-order chi connectivity index (χ1) is 16.7. The molecule has 0 fully saturated rings. The lowest BCUT2D eigenvalue weighted by Crippen LogP contribution is -2.07. The predicted octanol–water partition coefficient (Wildman–Crippen LogP) is 5.64. The van der Waals surface area contributed by atoms with Crippen molar-refractivity contribution in [1.29, 1.82) is 0 Å². The van der Waals surface area contributed by atoms with E-state index in [4.69, 9.17) is 9.26 Å². The van der Waals surface area contributed by atoms with E-state index in [2.05, 4.69) is 20.3 Å². The Bertz CT molecular complexity index is 1390. The Morgan fingerprint density at radius 3 is 2.50 bits per heavy atom. The van der Waals surface area contributed by atoms with Crippen LogP contribution in [0.15, 0.2) is 88.5 Å². The highest BCUT2D eigenvalue weighted by Crippen LogP contribution is 2.27. The molecule has 0 spiro atoms. The molecule has 9 heteroatoms. The van der Waals surface area contributed by atoms with E-state index >= 15 is 0 Å². The summed E-state index contributed by atoms with van der Waals surface area (Å²) in [6, 6.07) is 23.9. The van der Waals surface area contributed by atoms with Crippen molar-refractivity contribution in [3.8, 4) is 22.8 Å². The van der Waals surface area contributed by atoms with Gasteiger partial charge in [0, 0.05) is 11.3 Å². The zero-order valence-corrected chi connectivity index (χ0v) is 19.1. The molecule has 5 rings (SSSR count). The van der Waals surface area contributed by atoms with Gasteiger partial charge in [0.15, 0.2) is 22.5 Å². The highest BCUT2D eigenvalue weighted by Gasteiger charge is 2.17. The van der Waals surface area contributed by atoms with Gasteiger partial charge in [-0.1, -0.05) is 77.1 Å². The summed E-state index contributed by atoms with van der Waals surface area (Å²) in [5.41, 5.74) is 2.93. The quantitative estimate of drug-likeness (QED) is 0.270. The topological polar surface area (TPSA) is 78.9 Å². The van der Waals surface area contributed by atoms with Crippen molar-refractivity contribution in [2.45, 2.75) is 24.4 Å². The number of nitrogens with zero attached hydrogens (tertiary/aromatic N) is 5.